The topological polar surface area (TPSA) is 130 Å². The summed E-state index contributed by atoms with van der Waals surface area (Å²) in [5, 5.41) is 20.8. The van der Waals surface area contributed by atoms with E-state index in [9.17, 15) is 23.4 Å². The number of carbonyl (C=O) groups is 1. The first-order chi connectivity index (χ1) is 13.7. The third-order valence-electron chi connectivity index (χ3n) is 4.33. The first kappa shape index (κ1) is 20.5. The quantitative estimate of drug-likeness (QED) is 0.189. The van der Waals surface area contributed by atoms with Crippen molar-refractivity contribution in [3.8, 4) is 0 Å². The van der Waals surface area contributed by atoms with Gasteiger partial charge in [-0.3, -0.25) is 4.79 Å². The average molecular weight is 412 g/mol. The van der Waals surface area contributed by atoms with Gasteiger partial charge in [-0.1, -0.05) is 54.6 Å². The molecule has 0 saturated carbocycles. The second-order valence-electron chi connectivity index (χ2n) is 6.49. The number of aliphatic hydroxyl groups excluding tert-OH is 1. The summed E-state index contributed by atoms with van der Waals surface area (Å²) in [5.41, 5.74) is 3.89. The first-order valence-corrected chi connectivity index (χ1v) is 10.2. The Bertz CT molecular complexity index is 1110. The van der Waals surface area contributed by atoms with Gasteiger partial charge < -0.3 is 15.9 Å². The molecular formula is C21H20N2O5S. The molecule has 29 heavy (non-hydrogen) atoms. The zero-order valence-corrected chi connectivity index (χ0v) is 16.1. The van der Waals surface area contributed by atoms with E-state index in [4.69, 9.17) is 5.73 Å². The van der Waals surface area contributed by atoms with Gasteiger partial charge in [-0.2, -0.15) is 4.72 Å². The van der Waals surface area contributed by atoms with Crippen molar-refractivity contribution in [1.29, 1.82) is 0 Å². The highest BCUT2D eigenvalue weighted by molar-refractivity contribution is 7.89. The van der Waals surface area contributed by atoms with E-state index in [-0.39, 0.29) is 16.4 Å². The van der Waals surface area contributed by atoms with Gasteiger partial charge in [-0.25, -0.2) is 8.42 Å². The van der Waals surface area contributed by atoms with E-state index in [2.05, 4.69) is 0 Å². The van der Waals surface area contributed by atoms with Crippen LogP contribution >= 0.6 is 0 Å². The fourth-order valence-corrected chi connectivity index (χ4v) is 4.12. The number of anilines is 1. The zero-order chi connectivity index (χ0) is 21.1. The van der Waals surface area contributed by atoms with Crippen LogP contribution in [-0.2, 0) is 10.0 Å². The molecule has 0 spiro atoms. The second-order valence-corrected chi connectivity index (χ2v) is 8.14. The molecule has 0 amide bonds. The number of rotatable bonds is 6. The molecule has 0 heterocycles. The van der Waals surface area contributed by atoms with Crippen LogP contribution in [-0.4, -0.2) is 30.1 Å². The molecule has 2 unspecified atom stereocenters. The maximum atomic E-state index is 12.5. The molecule has 1 aliphatic rings. The highest BCUT2D eigenvalue weighted by Crippen LogP contribution is 2.27. The molecule has 2 aromatic rings. The predicted octanol–water partition coefficient (Wildman–Crippen LogP) is 2.30. The Kier molecular flexibility index (Phi) is 5.69. The number of nitrogen functional groups attached to an aromatic ring is 1. The fourth-order valence-electron chi connectivity index (χ4n) is 2.79. The van der Waals surface area contributed by atoms with Gasteiger partial charge in [0.2, 0.25) is 15.7 Å². The second kappa shape index (κ2) is 8.04. The molecule has 3 rings (SSSR count). The number of ketones is 1. The lowest BCUT2D eigenvalue weighted by atomic mass is 9.96. The third-order valence-corrected chi connectivity index (χ3v) is 5.86. The Morgan fingerprint density at radius 2 is 1.76 bits per heavy atom. The van der Waals surface area contributed by atoms with Gasteiger partial charge in [0.1, 0.15) is 10.7 Å². The standard InChI is InChI=1S/C21H20N2O5S/c22-17-8-4-5-9-19(17)29(27,28)23-21(26)13-12-15(14-20(21)25)10-11-18(24)16-6-2-1-3-7-16/h1-15,23,25-26H,22H2/b11-10+. The van der Waals surface area contributed by atoms with Crippen LogP contribution in [0.5, 0.6) is 0 Å². The maximum absolute atomic E-state index is 12.5. The van der Waals surface area contributed by atoms with Gasteiger partial charge in [0, 0.05) is 11.5 Å². The van der Waals surface area contributed by atoms with Crippen LogP contribution in [0.2, 0.25) is 0 Å². The molecule has 0 saturated heterocycles. The normalized spacial score (nSPS) is 21.8. The van der Waals surface area contributed by atoms with Crippen LogP contribution in [0.4, 0.5) is 5.69 Å². The molecule has 0 radical (unpaired) electrons. The van der Waals surface area contributed by atoms with Crippen molar-refractivity contribution in [2.75, 3.05) is 5.73 Å². The van der Waals surface area contributed by atoms with Crippen LogP contribution in [0.15, 0.2) is 95.6 Å². The lowest BCUT2D eigenvalue weighted by Crippen LogP contribution is -2.49. The summed E-state index contributed by atoms with van der Waals surface area (Å²) < 4.78 is 27.1. The molecule has 150 valence electrons. The third kappa shape index (κ3) is 4.62. The smallest absolute Gasteiger partial charge is 0.245 e. The molecule has 7 nitrogen and oxygen atoms in total. The molecular weight excluding hydrogens is 392 g/mol. The van der Waals surface area contributed by atoms with E-state index >= 15 is 0 Å². The Hall–Kier alpha value is -3.20. The largest absolute Gasteiger partial charge is 0.508 e. The fraction of sp³-hybridized carbons (Fsp3) is 0.0952. The van der Waals surface area contributed by atoms with Crippen LogP contribution in [0, 0.1) is 5.92 Å². The van der Waals surface area contributed by atoms with E-state index in [1.807, 2.05) is 4.72 Å². The summed E-state index contributed by atoms with van der Waals surface area (Å²) >= 11 is 0. The Morgan fingerprint density at radius 3 is 2.41 bits per heavy atom. The monoisotopic (exact) mass is 412 g/mol. The molecule has 8 heteroatoms. The van der Waals surface area contributed by atoms with Gasteiger partial charge in [-0.15, -0.1) is 0 Å². The number of nitrogens with two attached hydrogens (primary N) is 1. The summed E-state index contributed by atoms with van der Waals surface area (Å²) in [6.45, 7) is 0. The molecule has 1 aliphatic carbocycles. The summed E-state index contributed by atoms with van der Waals surface area (Å²) in [6.07, 6.45) is 6.71. The minimum absolute atomic E-state index is 0.00657. The number of allylic oxidation sites excluding steroid dienone is 4. The highest BCUT2D eigenvalue weighted by atomic mass is 32.2. The van der Waals surface area contributed by atoms with Crippen LogP contribution in [0.3, 0.4) is 0 Å². The van der Waals surface area contributed by atoms with Gasteiger partial charge in [0.15, 0.2) is 5.78 Å². The Balaban J connectivity index is 1.76. The SMILES string of the molecule is Nc1ccccc1S(=O)(=O)NC1(O)C=CC(/C=C/C(=O)c2ccccc2)C=C1O. The number of carbonyl (C=O) groups excluding carboxylic acids is 1. The van der Waals surface area contributed by atoms with Gasteiger partial charge in [0.25, 0.3) is 0 Å². The summed E-state index contributed by atoms with van der Waals surface area (Å²) in [7, 11) is -4.21. The lowest BCUT2D eigenvalue weighted by Gasteiger charge is -2.28. The molecule has 5 N–H and O–H groups in total. The number of hydrogen-bond donors (Lipinski definition) is 4. The van der Waals surface area contributed by atoms with Crippen molar-refractivity contribution in [2.24, 2.45) is 5.92 Å². The molecule has 0 fully saturated rings. The van der Waals surface area contributed by atoms with Crippen LogP contribution in [0.1, 0.15) is 10.4 Å². The first-order valence-electron chi connectivity index (χ1n) is 8.70. The summed E-state index contributed by atoms with van der Waals surface area (Å²) in [5.74, 6) is -1.33. The lowest BCUT2D eigenvalue weighted by molar-refractivity contribution is 0.0667. The number of nitrogens with one attached hydrogen (secondary N) is 1. The Morgan fingerprint density at radius 1 is 1.10 bits per heavy atom. The maximum Gasteiger partial charge on any atom is 0.245 e. The van der Waals surface area contributed by atoms with Crippen molar-refractivity contribution >= 4 is 21.5 Å². The van der Waals surface area contributed by atoms with E-state index in [0.717, 1.165) is 6.08 Å². The van der Waals surface area contributed by atoms with Crippen molar-refractivity contribution < 1.29 is 23.4 Å². The number of sulfonamides is 1. The highest BCUT2D eigenvalue weighted by Gasteiger charge is 2.37. The van der Waals surface area contributed by atoms with Crippen molar-refractivity contribution in [3.05, 3.63) is 96.3 Å². The van der Waals surface area contributed by atoms with Gasteiger partial charge in [0.05, 0.1) is 5.69 Å². The van der Waals surface area contributed by atoms with Crippen molar-refractivity contribution in [1.82, 2.24) is 4.72 Å². The molecule has 0 aromatic heterocycles. The van der Waals surface area contributed by atoms with Crippen LogP contribution < -0.4 is 10.5 Å². The molecule has 2 atom stereocenters. The number of para-hydroxylation sites is 1. The zero-order valence-electron chi connectivity index (χ0n) is 15.3. The minimum Gasteiger partial charge on any atom is -0.508 e. The van der Waals surface area contributed by atoms with E-state index < -0.39 is 27.4 Å². The number of benzene rings is 2. The molecule has 0 bridgehead atoms. The number of aliphatic hydroxyl groups is 2. The van der Waals surface area contributed by atoms with E-state index in [1.54, 1.807) is 36.4 Å². The van der Waals surface area contributed by atoms with E-state index in [0.29, 0.717) is 5.56 Å². The summed E-state index contributed by atoms with van der Waals surface area (Å²) in [4.78, 5) is 11.9. The van der Waals surface area contributed by atoms with Crippen LogP contribution in [0.25, 0.3) is 0 Å². The number of hydrogen-bond acceptors (Lipinski definition) is 6. The average Bonchev–Trinajstić information content (AvgIpc) is 2.69. The van der Waals surface area contributed by atoms with Crippen molar-refractivity contribution in [3.63, 3.8) is 0 Å². The molecule has 2 aromatic carbocycles. The molecule has 0 aliphatic heterocycles. The van der Waals surface area contributed by atoms with Gasteiger partial charge in [-0.05, 0) is 30.4 Å². The summed E-state index contributed by atoms with van der Waals surface area (Å²) in [6, 6.07) is 14.4. The van der Waals surface area contributed by atoms with E-state index in [1.165, 1.54) is 42.5 Å². The predicted molar refractivity (Wildman–Crippen MR) is 109 cm³/mol. The van der Waals surface area contributed by atoms with Gasteiger partial charge >= 0.3 is 0 Å². The minimum atomic E-state index is -4.21. The Labute approximate surface area is 168 Å². The van der Waals surface area contributed by atoms with Crippen molar-refractivity contribution in [2.45, 2.75) is 10.6 Å².